The van der Waals surface area contributed by atoms with E-state index in [0.29, 0.717) is 0 Å². The summed E-state index contributed by atoms with van der Waals surface area (Å²) < 4.78 is 6.82. The molecule has 1 fully saturated rings. The number of ether oxygens (including phenoxy) is 1. The van der Waals surface area contributed by atoms with E-state index in [9.17, 15) is 0 Å². The van der Waals surface area contributed by atoms with Crippen molar-refractivity contribution in [3.8, 4) is 5.75 Å². The van der Waals surface area contributed by atoms with Crippen molar-refractivity contribution in [2.75, 3.05) is 19.6 Å². The first-order valence-electron chi connectivity index (χ1n) is 10.8. The van der Waals surface area contributed by atoms with Crippen LogP contribution in [-0.4, -0.2) is 36.1 Å². The van der Waals surface area contributed by atoms with Crippen molar-refractivity contribution < 1.29 is 9.64 Å². The second kappa shape index (κ2) is 7.33. The Morgan fingerprint density at radius 2 is 1.93 bits per heavy atom. The van der Waals surface area contributed by atoms with E-state index in [1.807, 2.05) is 12.1 Å². The number of hydrogen-bond acceptors (Lipinski definition) is 3. The van der Waals surface area contributed by atoms with Crippen LogP contribution in [-0.2, 0) is 0 Å². The van der Waals surface area contributed by atoms with Crippen LogP contribution in [0.4, 0.5) is 0 Å². The van der Waals surface area contributed by atoms with Gasteiger partial charge >= 0.3 is 0 Å². The van der Waals surface area contributed by atoms with Gasteiger partial charge in [-0.3, -0.25) is 0 Å². The first-order valence-corrected chi connectivity index (χ1v) is 11.2. The molecule has 1 N–H and O–H groups in total. The number of piperidine rings is 1. The van der Waals surface area contributed by atoms with Crippen LogP contribution in [0.1, 0.15) is 55.3 Å². The lowest BCUT2D eigenvalue weighted by atomic mass is 9.89. The van der Waals surface area contributed by atoms with E-state index in [0.717, 1.165) is 54.4 Å². The summed E-state index contributed by atoms with van der Waals surface area (Å²) in [6.07, 6.45) is 4.18. The molecule has 3 aliphatic heterocycles. The molecule has 5 rings (SSSR count). The van der Waals surface area contributed by atoms with Crippen molar-refractivity contribution in [2.45, 2.75) is 51.3 Å². The summed E-state index contributed by atoms with van der Waals surface area (Å²) >= 11 is 6.11. The zero-order valence-corrected chi connectivity index (χ0v) is 18.0. The Kier molecular flexibility index (Phi) is 4.79. The van der Waals surface area contributed by atoms with Crippen molar-refractivity contribution in [3.05, 3.63) is 64.2 Å². The van der Waals surface area contributed by atoms with Crippen LogP contribution < -0.4 is 9.64 Å². The number of nitrogens with one attached hydrogen (secondary N) is 1. The lowest BCUT2D eigenvalue weighted by molar-refractivity contribution is -0.908. The molecule has 0 amide bonds. The van der Waals surface area contributed by atoms with Gasteiger partial charge < -0.3 is 9.64 Å². The number of hydrogen-bond donors (Lipinski definition) is 1. The quantitative estimate of drug-likeness (QED) is 0.829. The number of quaternary nitrogens is 1. The monoisotopic (exact) mass is 410 g/mol. The van der Waals surface area contributed by atoms with Crippen molar-refractivity contribution in [1.29, 1.82) is 0 Å². The van der Waals surface area contributed by atoms with E-state index in [1.54, 1.807) is 4.90 Å². The largest absolute Gasteiger partial charge is 0.465 e. The molecule has 29 heavy (non-hydrogen) atoms. The molecule has 2 aromatic rings. The average Bonchev–Trinajstić information content (AvgIpc) is 3.18. The van der Waals surface area contributed by atoms with Crippen LogP contribution in [0.15, 0.2) is 47.6 Å². The number of hydrazone groups is 1. The fourth-order valence-corrected chi connectivity index (χ4v) is 5.31. The average molecular weight is 411 g/mol. The fraction of sp³-hybridized carbons (Fsp3) is 0.458. The number of likely N-dealkylation sites (tertiary alicyclic amines) is 1. The highest BCUT2D eigenvalue weighted by molar-refractivity contribution is 6.30. The van der Waals surface area contributed by atoms with Gasteiger partial charge in [-0.2, -0.15) is 5.10 Å². The highest BCUT2D eigenvalue weighted by atomic mass is 35.5. The molecule has 1 saturated heterocycles. The number of rotatable bonds is 3. The third-order valence-corrected chi connectivity index (χ3v) is 6.99. The number of benzene rings is 2. The Labute approximate surface area is 178 Å². The number of fused-ring (bicyclic) bond motifs is 4. The van der Waals surface area contributed by atoms with Gasteiger partial charge in [0.05, 0.1) is 44.2 Å². The van der Waals surface area contributed by atoms with Gasteiger partial charge in [0.1, 0.15) is 5.75 Å². The molecule has 1 atom stereocenters. The molecule has 3 heterocycles. The van der Waals surface area contributed by atoms with E-state index >= 15 is 0 Å². The van der Waals surface area contributed by atoms with E-state index in [2.05, 4.69) is 49.2 Å². The molecule has 1 spiro atoms. The van der Waals surface area contributed by atoms with Crippen molar-refractivity contribution in [3.63, 3.8) is 0 Å². The second-order valence-electron chi connectivity index (χ2n) is 8.66. The van der Waals surface area contributed by atoms with Gasteiger partial charge in [0.2, 0.25) is 5.72 Å². The van der Waals surface area contributed by atoms with Gasteiger partial charge in [0.15, 0.2) is 0 Å². The Hall–Kier alpha value is -2.04. The first kappa shape index (κ1) is 19.0. The maximum absolute atomic E-state index is 6.82. The Morgan fingerprint density at radius 3 is 2.66 bits per heavy atom. The predicted molar refractivity (Wildman–Crippen MR) is 117 cm³/mol. The highest BCUT2D eigenvalue weighted by Crippen LogP contribution is 2.50. The summed E-state index contributed by atoms with van der Waals surface area (Å²) in [6, 6.07) is 14.8. The smallest absolute Gasteiger partial charge is 0.208 e. The standard InChI is InChI=1S/C24H28ClN3O/c1-3-13-27-14-11-24(12-15-27)28-22(20-6-4-5-17(2)23(20)29-24)16-21(26-28)18-7-9-19(25)10-8-18/h4-10,22H,3,11-16H2,1-2H3/p+1/t22-/m0/s1. The normalized spacial score (nSPS) is 28.0. The summed E-state index contributed by atoms with van der Waals surface area (Å²) in [5.41, 5.74) is 4.46. The second-order valence-corrected chi connectivity index (χ2v) is 9.10. The minimum absolute atomic E-state index is 0.247. The van der Waals surface area contributed by atoms with Crippen molar-refractivity contribution >= 4 is 17.3 Å². The Morgan fingerprint density at radius 1 is 1.17 bits per heavy atom. The molecule has 4 nitrogen and oxygen atoms in total. The Balaban J connectivity index is 1.53. The summed E-state index contributed by atoms with van der Waals surface area (Å²) in [7, 11) is 0. The third kappa shape index (κ3) is 3.23. The lowest BCUT2D eigenvalue weighted by Gasteiger charge is -2.50. The Bertz CT molecular complexity index is 932. The topological polar surface area (TPSA) is 29.3 Å². The third-order valence-electron chi connectivity index (χ3n) is 6.74. The van der Waals surface area contributed by atoms with Crippen LogP contribution in [0.25, 0.3) is 0 Å². The highest BCUT2D eigenvalue weighted by Gasteiger charge is 2.53. The summed E-state index contributed by atoms with van der Waals surface area (Å²) in [5, 5.41) is 8.23. The van der Waals surface area contributed by atoms with E-state index in [-0.39, 0.29) is 11.8 Å². The lowest BCUT2D eigenvalue weighted by Crippen LogP contribution is -3.14. The molecule has 2 aromatic carbocycles. The predicted octanol–water partition coefficient (Wildman–Crippen LogP) is 3.98. The molecular formula is C24H29ClN3O+. The van der Waals surface area contributed by atoms with Gasteiger partial charge in [-0.25, -0.2) is 5.01 Å². The minimum Gasteiger partial charge on any atom is -0.465 e. The van der Waals surface area contributed by atoms with Crippen molar-refractivity contribution in [1.82, 2.24) is 5.01 Å². The summed E-state index contributed by atoms with van der Waals surface area (Å²) in [4.78, 5) is 1.69. The summed E-state index contributed by atoms with van der Waals surface area (Å²) in [5.74, 6) is 1.08. The molecule has 0 aromatic heterocycles. The van der Waals surface area contributed by atoms with E-state index in [1.165, 1.54) is 24.1 Å². The zero-order chi connectivity index (χ0) is 20.0. The number of nitrogens with zero attached hydrogens (tertiary/aromatic N) is 2. The fourth-order valence-electron chi connectivity index (χ4n) is 5.19. The minimum atomic E-state index is -0.324. The van der Waals surface area contributed by atoms with Gasteiger partial charge in [-0.1, -0.05) is 48.9 Å². The molecule has 3 aliphatic rings. The zero-order valence-electron chi connectivity index (χ0n) is 17.2. The van der Waals surface area contributed by atoms with Gasteiger partial charge in [0.25, 0.3) is 0 Å². The van der Waals surface area contributed by atoms with E-state index in [4.69, 9.17) is 21.4 Å². The van der Waals surface area contributed by atoms with Crippen LogP contribution in [0, 0.1) is 6.92 Å². The molecule has 0 radical (unpaired) electrons. The first-order chi connectivity index (χ1) is 14.1. The van der Waals surface area contributed by atoms with E-state index < -0.39 is 0 Å². The molecule has 5 heteroatoms. The van der Waals surface area contributed by atoms with Crippen LogP contribution in [0.2, 0.25) is 5.02 Å². The van der Waals surface area contributed by atoms with Gasteiger partial charge in [-0.05, 0) is 36.6 Å². The maximum atomic E-state index is 6.82. The molecule has 152 valence electrons. The van der Waals surface area contributed by atoms with Crippen molar-refractivity contribution in [2.24, 2.45) is 5.10 Å². The maximum Gasteiger partial charge on any atom is 0.208 e. The molecule has 0 bridgehead atoms. The van der Waals surface area contributed by atoms with Crippen LogP contribution in [0.5, 0.6) is 5.75 Å². The number of aryl methyl sites for hydroxylation is 1. The molecule has 0 unspecified atom stereocenters. The molecular weight excluding hydrogens is 382 g/mol. The molecule has 0 aliphatic carbocycles. The van der Waals surface area contributed by atoms with Crippen LogP contribution >= 0.6 is 11.6 Å². The van der Waals surface area contributed by atoms with Gasteiger partial charge in [-0.15, -0.1) is 0 Å². The summed E-state index contributed by atoms with van der Waals surface area (Å²) in [6.45, 7) is 7.96. The number of para-hydroxylation sites is 1. The number of halogens is 1. The van der Waals surface area contributed by atoms with Crippen LogP contribution in [0.3, 0.4) is 0 Å². The van der Waals surface area contributed by atoms with Gasteiger partial charge in [0, 0.05) is 17.0 Å². The molecule has 0 saturated carbocycles. The SMILES string of the molecule is CCC[NH+]1CCC2(CC1)Oc1c(C)cccc1[C@@H]1CC(c3ccc(Cl)cc3)=NN12.